The number of methoxy groups -OCH3 is 3. The Morgan fingerprint density at radius 3 is 2.54 bits per heavy atom. The lowest BCUT2D eigenvalue weighted by Crippen LogP contribution is -2.24. The van der Waals surface area contributed by atoms with E-state index < -0.39 is 0 Å². The van der Waals surface area contributed by atoms with Crippen molar-refractivity contribution in [1.82, 2.24) is 0 Å². The number of rotatable bonds is 7. The van der Waals surface area contributed by atoms with Gasteiger partial charge in [0.05, 0.1) is 26.5 Å². The Bertz CT molecular complexity index is 743. The first kappa shape index (κ1) is 22.3. The van der Waals surface area contributed by atoms with Crippen LogP contribution in [0.15, 0.2) is 47.5 Å². The smallest absolute Gasteiger partial charge is 0.193 e. The van der Waals surface area contributed by atoms with Gasteiger partial charge in [-0.05, 0) is 29.8 Å². The van der Waals surface area contributed by atoms with Gasteiger partial charge in [0, 0.05) is 18.2 Å². The molecule has 142 valence electrons. The molecule has 8 heteroatoms. The SMILES string of the molecule is COc1ccc(OC)c(NC(N)=NCC(OC)c2cccc(Cl)c2)c1.I. The van der Waals surface area contributed by atoms with Crippen LogP contribution in [0.3, 0.4) is 0 Å². The Balaban J connectivity index is 0.00000338. The fourth-order valence-corrected chi connectivity index (χ4v) is 2.49. The molecule has 0 amide bonds. The highest BCUT2D eigenvalue weighted by Crippen LogP contribution is 2.28. The third kappa shape index (κ3) is 6.22. The summed E-state index contributed by atoms with van der Waals surface area (Å²) in [6, 6.07) is 12.8. The molecular weight excluding hydrogens is 469 g/mol. The van der Waals surface area contributed by atoms with Gasteiger partial charge in [-0.1, -0.05) is 23.7 Å². The van der Waals surface area contributed by atoms with Crippen molar-refractivity contribution in [2.45, 2.75) is 6.10 Å². The molecule has 26 heavy (non-hydrogen) atoms. The molecule has 6 nitrogen and oxygen atoms in total. The molecule has 0 bridgehead atoms. The molecule has 0 fully saturated rings. The molecule has 2 aromatic rings. The number of hydrogen-bond donors (Lipinski definition) is 2. The molecule has 0 saturated heterocycles. The van der Waals surface area contributed by atoms with Crippen molar-refractivity contribution in [3.63, 3.8) is 0 Å². The summed E-state index contributed by atoms with van der Waals surface area (Å²) in [7, 11) is 4.80. The molecule has 0 aliphatic carbocycles. The summed E-state index contributed by atoms with van der Waals surface area (Å²) in [4.78, 5) is 4.35. The summed E-state index contributed by atoms with van der Waals surface area (Å²) >= 11 is 6.02. The zero-order valence-electron chi connectivity index (χ0n) is 14.9. The van der Waals surface area contributed by atoms with Crippen LogP contribution in [0.4, 0.5) is 5.69 Å². The quantitative estimate of drug-likeness (QED) is 0.347. The van der Waals surface area contributed by atoms with Crippen LogP contribution < -0.4 is 20.5 Å². The number of aliphatic imine (C=N–C) groups is 1. The summed E-state index contributed by atoms with van der Waals surface area (Å²) in [6.45, 7) is 0.349. The lowest BCUT2D eigenvalue weighted by atomic mass is 10.1. The molecule has 0 spiro atoms. The highest BCUT2D eigenvalue weighted by atomic mass is 127. The zero-order valence-corrected chi connectivity index (χ0v) is 17.9. The first-order chi connectivity index (χ1) is 12.1. The number of guanidine groups is 1. The van der Waals surface area contributed by atoms with Crippen LogP contribution >= 0.6 is 35.6 Å². The van der Waals surface area contributed by atoms with E-state index in [-0.39, 0.29) is 36.0 Å². The van der Waals surface area contributed by atoms with Crippen LogP contribution in [-0.4, -0.2) is 33.8 Å². The highest BCUT2D eigenvalue weighted by molar-refractivity contribution is 14.0. The standard InChI is InChI=1S/C18H22ClN3O3.HI/c1-23-14-7-8-16(24-2)15(10-14)22-18(20)21-11-17(25-3)12-5-4-6-13(19)9-12;/h4-10,17H,11H2,1-3H3,(H3,20,21,22);1H. The van der Waals surface area contributed by atoms with Gasteiger partial charge in [0.2, 0.25) is 0 Å². The van der Waals surface area contributed by atoms with E-state index in [1.54, 1.807) is 39.5 Å². The van der Waals surface area contributed by atoms with Crippen molar-refractivity contribution in [2.75, 3.05) is 33.2 Å². The van der Waals surface area contributed by atoms with Crippen molar-refractivity contribution < 1.29 is 14.2 Å². The minimum Gasteiger partial charge on any atom is -0.497 e. The number of hydrogen-bond acceptors (Lipinski definition) is 4. The number of benzene rings is 2. The second-order valence-electron chi connectivity index (χ2n) is 5.20. The third-order valence-electron chi connectivity index (χ3n) is 3.60. The largest absolute Gasteiger partial charge is 0.497 e. The summed E-state index contributed by atoms with van der Waals surface area (Å²) < 4.78 is 16.0. The maximum Gasteiger partial charge on any atom is 0.193 e. The van der Waals surface area contributed by atoms with E-state index in [1.807, 2.05) is 24.3 Å². The molecule has 1 atom stereocenters. The van der Waals surface area contributed by atoms with E-state index >= 15 is 0 Å². The van der Waals surface area contributed by atoms with Gasteiger partial charge in [-0.25, -0.2) is 0 Å². The van der Waals surface area contributed by atoms with Crippen LogP contribution in [0.5, 0.6) is 11.5 Å². The molecule has 0 aliphatic rings. The van der Waals surface area contributed by atoms with Gasteiger partial charge in [-0.3, -0.25) is 4.99 Å². The average molecular weight is 492 g/mol. The molecule has 0 radical (unpaired) electrons. The Morgan fingerprint density at radius 1 is 1.15 bits per heavy atom. The van der Waals surface area contributed by atoms with Crippen LogP contribution in [0.2, 0.25) is 5.02 Å². The van der Waals surface area contributed by atoms with Crippen molar-refractivity contribution >= 4 is 47.2 Å². The van der Waals surface area contributed by atoms with E-state index in [9.17, 15) is 0 Å². The Morgan fingerprint density at radius 2 is 1.92 bits per heavy atom. The summed E-state index contributed by atoms with van der Waals surface area (Å²) in [5, 5.41) is 3.67. The van der Waals surface area contributed by atoms with Gasteiger partial charge in [0.15, 0.2) is 5.96 Å². The molecule has 0 saturated carbocycles. The van der Waals surface area contributed by atoms with Crippen LogP contribution in [0.25, 0.3) is 0 Å². The second-order valence-corrected chi connectivity index (χ2v) is 5.63. The zero-order chi connectivity index (χ0) is 18.2. The summed E-state index contributed by atoms with van der Waals surface area (Å²) in [5.74, 6) is 1.57. The minimum absolute atomic E-state index is 0. The number of nitrogens with one attached hydrogen (secondary N) is 1. The lowest BCUT2D eigenvalue weighted by molar-refractivity contribution is 0.111. The Kier molecular flexibility index (Phi) is 9.53. The fraction of sp³-hybridized carbons (Fsp3) is 0.278. The molecule has 2 aromatic carbocycles. The van der Waals surface area contributed by atoms with Crippen LogP contribution in [0, 0.1) is 0 Å². The molecule has 3 N–H and O–H groups in total. The average Bonchev–Trinajstić information content (AvgIpc) is 2.62. The predicted molar refractivity (Wildman–Crippen MR) is 116 cm³/mol. The van der Waals surface area contributed by atoms with Gasteiger partial charge in [0.25, 0.3) is 0 Å². The molecule has 1 unspecified atom stereocenters. The second kappa shape index (κ2) is 11.1. The van der Waals surface area contributed by atoms with Gasteiger partial charge in [-0.2, -0.15) is 0 Å². The van der Waals surface area contributed by atoms with Gasteiger partial charge < -0.3 is 25.3 Å². The van der Waals surface area contributed by atoms with Gasteiger partial charge >= 0.3 is 0 Å². The van der Waals surface area contributed by atoms with E-state index in [0.717, 1.165) is 5.56 Å². The maximum atomic E-state index is 6.02. The Labute approximate surface area is 175 Å². The van der Waals surface area contributed by atoms with Crippen LogP contribution in [0.1, 0.15) is 11.7 Å². The maximum absolute atomic E-state index is 6.02. The van der Waals surface area contributed by atoms with E-state index in [2.05, 4.69) is 10.3 Å². The first-order valence-electron chi connectivity index (χ1n) is 7.64. The molecule has 0 aliphatic heterocycles. The third-order valence-corrected chi connectivity index (χ3v) is 3.84. The monoisotopic (exact) mass is 491 g/mol. The van der Waals surface area contributed by atoms with E-state index in [0.29, 0.717) is 28.8 Å². The van der Waals surface area contributed by atoms with Crippen molar-refractivity contribution in [1.29, 1.82) is 0 Å². The summed E-state index contributed by atoms with van der Waals surface area (Å²) in [5.41, 5.74) is 7.59. The number of halogens is 2. The predicted octanol–water partition coefficient (Wildman–Crippen LogP) is 4.09. The number of nitrogens with two attached hydrogens (primary N) is 1. The fourth-order valence-electron chi connectivity index (χ4n) is 2.29. The topological polar surface area (TPSA) is 78.1 Å². The van der Waals surface area contributed by atoms with Crippen molar-refractivity contribution in [3.8, 4) is 11.5 Å². The molecular formula is C18H23ClIN3O3. The van der Waals surface area contributed by atoms with Crippen molar-refractivity contribution in [2.24, 2.45) is 10.7 Å². The summed E-state index contributed by atoms with van der Waals surface area (Å²) in [6.07, 6.45) is -0.244. The Hall–Kier alpha value is -1.71. The van der Waals surface area contributed by atoms with Crippen molar-refractivity contribution in [3.05, 3.63) is 53.1 Å². The van der Waals surface area contributed by atoms with Gasteiger partial charge in [-0.15, -0.1) is 24.0 Å². The van der Waals surface area contributed by atoms with Crippen LogP contribution in [-0.2, 0) is 4.74 Å². The number of anilines is 1. The highest BCUT2D eigenvalue weighted by Gasteiger charge is 2.11. The van der Waals surface area contributed by atoms with E-state index in [1.165, 1.54) is 0 Å². The first-order valence-corrected chi connectivity index (χ1v) is 8.02. The minimum atomic E-state index is -0.244. The molecule has 2 rings (SSSR count). The number of nitrogens with zero attached hydrogens (tertiary/aromatic N) is 1. The normalized spacial score (nSPS) is 12.1. The van der Waals surface area contributed by atoms with Gasteiger partial charge in [0.1, 0.15) is 17.6 Å². The molecule has 0 aromatic heterocycles. The molecule has 0 heterocycles. The lowest BCUT2D eigenvalue weighted by Gasteiger charge is -2.15. The van der Waals surface area contributed by atoms with E-state index in [4.69, 9.17) is 31.5 Å². The number of ether oxygens (including phenoxy) is 3.